The van der Waals surface area contributed by atoms with Crippen LogP contribution in [0.4, 0.5) is 5.69 Å². The van der Waals surface area contributed by atoms with E-state index in [4.69, 9.17) is 11.6 Å². The van der Waals surface area contributed by atoms with Crippen molar-refractivity contribution in [1.29, 1.82) is 0 Å². The van der Waals surface area contributed by atoms with Gasteiger partial charge in [-0.1, -0.05) is 41.9 Å². The first kappa shape index (κ1) is 39.8. The van der Waals surface area contributed by atoms with Crippen LogP contribution in [0.2, 0.25) is 5.02 Å². The summed E-state index contributed by atoms with van der Waals surface area (Å²) in [6.07, 6.45) is 11.9. The van der Waals surface area contributed by atoms with Gasteiger partial charge in [0.1, 0.15) is 12.1 Å². The Balaban J connectivity index is 0.768. The van der Waals surface area contributed by atoms with Crippen LogP contribution in [0, 0.1) is 11.8 Å². The van der Waals surface area contributed by atoms with E-state index in [0.717, 1.165) is 53.9 Å². The fraction of sp³-hybridized carbons (Fsp3) is 0.532. The minimum atomic E-state index is -0.371. The van der Waals surface area contributed by atoms with Crippen LogP contribution in [-0.4, -0.2) is 83.9 Å². The Morgan fingerprint density at radius 2 is 1.46 bits per heavy atom. The molecule has 0 spiro atoms. The van der Waals surface area contributed by atoms with E-state index in [9.17, 15) is 14.4 Å². The number of fused-ring (bicyclic) bond motifs is 5. The Morgan fingerprint density at radius 3 is 2.05 bits per heavy atom. The highest BCUT2D eigenvalue weighted by Crippen LogP contribution is 2.45. The van der Waals surface area contributed by atoms with Gasteiger partial charge in [0.15, 0.2) is 0 Å². The number of aromatic nitrogens is 2. The maximum atomic E-state index is 13.1. The number of anilines is 1. The normalized spacial score (nSPS) is 22.2. The van der Waals surface area contributed by atoms with E-state index >= 15 is 0 Å². The highest BCUT2D eigenvalue weighted by Gasteiger charge is 2.39. The third-order valence-corrected chi connectivity index (χ3v) is 14.2. The number of nitrogens with one attached hydrogen (secondary N) is 2. The third kappa shape index (κ3) is 8.44. The summed E-state index contributed by atoms with van der Waals surface area (Å²) in [6.45, 7) is 11.5. The molecule has 1 unspecified atom stereocenters. The molecular weight excluding hydrogens is 732 g/mol. The summed E-state index contributed by atoms with van der Waals surface area (Å²) in [6, 6.07) is 20.8. The molecule has 3 aliphatic heterocycles. The molecule has 0 bridgehead atoms. The SMILES string of the molecule is CNC(=O)CCC(C=O)Nc1ccc(C2CCN(CC3CCC(CN4CCC(c5ccc6c(c5)C(C)(C)c5nc(=O)c7c(Cl)cccc7n5-6)CC4)CC3)CC2)cc1. The molecule has 1 aliphatic carbocycles. The number of likely N-dealkylation sites (tertiary alicyclic amines) is 2. The summed E-state index contributed by atoms with van der Waals surface area (Å²) in [5.41, 5.74) is 6.28. The number of carbonyl (C=O) groups excluding carboxylic acids is 2. The molecule has 4 heterocycles. The van der Waals surface area contributed by atoms with Crippen molar-refractivity contribution in [1.82, 2.24) is 24.7 Å². The van der Waals surface area contributed by atoms with Gasteiger partial charge in [0.2, 0.25) is 5.91 Å². The van der Waals surface area contributed by atoms with Crippen LogP contribution in [0.5, 0.6) is 0 Å². The molecule has 8 rings (SSSR count). The molecule has 3 aromatic carbocycles. The third-order valence-electron chi connectivity index (χ3n) is 13.9. The van der Waals surface area contributed by atoms with Crippen molar-refractivity contribution in [3.63, 3.8) is 0 Å². The predicted octanol–water partition coefficient (Wildman–Crippen LogP) is 8.05. The van der Waals surface area contributed by atoms with E-state index < -0.39 is 0 Å². The molecule has 0 radical (unpaired) electrons. The zero-order valence-electron chi connectivity index (χ0n) is 33.9. The highest BCUT2D eigenvalue weighted by atomic mass is 35.5. The molecule has 1 aromatic heterocycles. The molecule has 2 N–H and O–H groups in total. The lowest BCUT2D eigenvalue weighted by Crippen LogP contribution is -2.39. The van der Waals surface area contributed by atoms with Crippen LogP contribution in [0.1, 0.15) is 112 Å². The van der Waals surface area contributed by atoms with Crippen molar-refractivity contribution >= 4 is 40.4 Å². The number of carbonyl (C=O) groups is 2. The topological polar surface area (TPSA) is 99.6 Å². The lowest BCUT2D eigenvalue weighted by Gasteiger charge is -2.39. The number of halogens is 1. The quantitative estimate of drug-likeness (QED) is 0.140. The Labute approximate surface area is 342 Å². The lowest BCUT2D eigenvalue weighted by atomic mass is 9.80. The minimum Gasteiger partial charge on any atom is -0.376 e. The first-order chi connectivity index (χ1) is 27.6. The number of amides is 1. The van der Waals surface area contributed by atoms with Gasteiger partial charge in [0.05, 0.1) is 33.1 Å². The van der Waals surface area contributed by atoms with Gasteiger partial charge in [-0.2, -0.15) is 4.98 Å². The largest absolute Gasteiger partial charge is 0.376 e. The maximum Gasteiger partial charge on any atom is 0.282 e. The Hall–Kier alpha value is -4.05. The zero-order chi connectivity index (χ0) is 39.7. The van der Waals surface area contributed by atoms with Crippen LogP contribution >= 0.6 is 11.6 Å². The number of hydrogen-bond acceptors (Lipinski definition) is 7. The summed E-state index contributed by atoms with van der Waals surface area (Å²) in [7, 11) is 1.62. The van der Waals surface area contributed by atoms with Gasteiger partial charge in [0.25, 0.3) is 5.56 Å². The summed E-state index contributed by atoms with van der Waals surface area (Å²) in [4.78, 5) is 46.2. The van der Waals surface area contributed by atoms with Crippen LogP contribution in [0.25, 0.3) is 16.6 Å². The van der Waals surface area contributed by atoms with Gasteiger partial charge in [-0.15, -0.1) is 0 Å². The van der Waals surface area contributed by atoms with Gasteiger partial charge in [0, 0.05) is 32.2 Å². The van der Waals surface area contributed by atoms with Gasteiger partial charge in [-0.3, -0.25) is 14.2 Å². The fourth-order valence-electron chi connectivity index (χ4n) is 10.4. The molecule has 302 valence electrons. The Morgan fingerprint density at radius 1 is 0.860 bits per heavy atom. The van der Waals surface area contributed by atoms with E-state index in [1.807, 2.05) is 12.1 Å². The first-order valence-electron chi connectivity index (χ1n) is 21.4. The minimum absolute atomic E-state index is 0.0487. The second-order valence-electron chi connectivity index (χ2n) is 17.9. The molecule has 1 amide bonds. The van der Waals surface area contributed by atoms with Crippen molar-refractivity contribution < 1.29 is 9.59 Å². The number of benzene rings is 3. The van der Waals surface area contributed by atoms with Gasteiger partial charge in [-0.25, -0.2) is 0 Å². The molecular formula is C47H59ClN6O3. The van der Waals surface area contributed by atoms with Gasteiger partial charge in [-0.05, 0) is 169 Å². The molecule has 1 atom stereocenters. The molecule has 57 heavy (non-hydrogen) atoms. The van der Waals surface area contributed by atoms with Crippen LogP contribution in [0.3, 0.4) is 0 Å². The average molecular weight is 791 g/mol. The highest BCUT2D eigenvalue weighted by molar-refractivity contribution is 6.35. The zero-order valence-corrected chi connectivity index (χ0v) is 34.7. The van der Waals surface area contributed by atoms with Crippen molar-refractivity contribution in [3.05, 3.63) is 98.6 Å². The van der Waals surface area contributed by atoms with Crippen LogP contribution in [0.15, 0.2) is 65.5 Å². The molecule has 1 saturated carbocycles. The second kappa shape index (κ2) is 17.0. The van der Waals surface area contributed by atoms with Crippen molar-refractivity contribution in [2.24, 2.45) is 11.8 Å². The number of piperidine rings is 2. The van der Waals surface area contributed by atoms with E-state index in [0.29, 0.717) is 35.1 Å². The second-order valence-corrected chi connectivity index (χ2v) is 18.3. The summed E-state index contributed by atoms with van der Waals surface area (Å²) in [5.74, 6) is 3.52. The van der Waals surface area contributed by atoms with E-state index in [1.165, 1.54) is 94.2 Å². The molecule has 4 aromatic rings. The standard InChI is InChI=1S/C47H59ClN6O3/c1-47(2)39-27-36(13-17-41(39)54-42-6-4-5-40(48)44(42)45(57)51-46(47)54)35-21-25-53(26-22-35)29-32-9-7-31(8-10-32)28-52-23-19-34(20-24-52)33-11-14-37(15-12-33)50-38(30-55)16-18-43(56)49-3/h4-6,11-15,17,27,30-32,34-35,38,50H,7-10,16,18-26,28-29H2,1-3H3,(H,49,56). The fourth-order valence-corrected chi connectivity index (χ4v) is 10.6. The lowest BCUT2D eigenvalue weighted by molar-refractivity contribution is -0.120. The summed E-state index contributed by atoms with van der Waals surface area (Å²) < 4.78 is 2.15. The predicted molar refractivity (Wildman–Crippen MR) is 230 cm³/mol. The molecule has 10 heteroatoms. The van der Waals surface area contributed by atoms with E-state index in [1.54, 1.807) is 13.1 Å². The van der Waals surface area contributed by atoms with E-state index in [-0.39, 0.29) is 22.9 Å². The number of hydrogen-bond donors (Lipinski definition) is 2. The monoisotopic (exact) mass is 790 g/mol. The van der Waals surface area contributed by atoms with Gasteiger partial charge >= 0.3 is 0 Å². The number of rotatable bonds is 12. The molecule has 2 saturated heterocycles. The maximum absolute atomic E-state index is 13.1. The smallest absolute Gasteiger partial charge is 0.282 e. The van der Waals surface area contributed by atoms with E-state index in [2.05, 4.69) is 86.3 Å². The number of nitrogens with zero attached hydrogens (tertiary/aromatic N) is 4. The van der Waals surface area contributed by atoms with Crippen molar-refractivity contribution in [2.75, 3.05) is 51.6 Å². The molecule has 9 nitrogen and oxygen atoms in total. The molecule has 3 fully saturated rings. The first-order valence-corrected chi connectivity index (χ1v) is 21.8. The van der Waals surface area contributed by atoms with Crippen LogP contribution in [-0.2, 0) is 15.0 Å². The Kier molecular flexibility index (Phi) is 11.9. The van der Waals surface area contributed by atoms with Crippen molar-refractivity contribution in [2.45, 2.75) is 101 Å². The average Bonchev–Trinajstić information content (AvgIpc) is 3.45. The summed E-state index contributed by atoms with van der Waals surface area (Å²) in [5, 5.41) is 6.83. The van der Waals surface area contributed by atoms with Gasteiger partial charge < -0.3 is 25.2 Å². The summed E-state index contributed by atoms with van der Waals surface area (Å²) >= 11 is 6.48. The molecule has 4 aliphatic rings. The number of aldehydes is 1. The Bertz CT molecular complexity index is 2130. The van der Waals surface area contributed by atoms with Crippen molar-refractivity contribution in [3.8, 4) is 5.69 Å². The van der Waals surface area contributed by atoms with Crippen LogP contribution < -0.4 is 16.2 Å².